The highest BCUT2D eigenvalue weighted by atomic mass is 32.2. The summed E-state index contributed by atoms with van der Waals surface area (Å²) in [5.74, 6) is 0.680. The third-order valence-electron chi connectivity index (χ3n) is 3.44. The third kappa shape index (κ3) is 2.81. The predicted octanol–water partition coefficient (Wildman–Crippen LogP) is 2.76. The highest BCUT2D eigenvalue weighted by molar-refractivity contribution is 8.00. The summed E-state index contributed by atoms with van der Waals surface area (Å²) < 4.78 is 7.23. The fraction of sp³-hybridized carbons (Fsp3) is 0.400. The van der Waals surface area contributed by atoms with E-state index in [1.807, 2.05) is 41.8 Å². The monoisotopic (exact) mass is 303 g/mol. The molecule has 1 aliphatic heterocycles. The van der Waals surface area contributed by atoms with Gasteiger partial charge in [-0.25, -0.2) is 0 Å². The normalized spacial score (nSPS) is 21.5. The molecule has 5 nitrogen and oxygen atoms in total. The predicted molar refractivity (Wildman–Crippen MR) is 80.9 cm³/mol. The second kappa shape index (κ2) is 5.89. The van der Waals surface area contributed by atoms with Crippen molar-refractivity contribution in [2.45, 2.75) is 43.3 Å². The van der Waals surface area contributed by atoms with Crippen LogP contribution in [-0.4, -0.2) is 32.1 Å². The average Bonchev–Trinajstić information content (AvgIpc) is 3.03. The molecule has 2 unspecified atom stereocenters. The smallest absolute Gasteiger partial charge is 0.319 e. The molecule has 21 heavy (non-hydrogen) atoms. The van der Waals surface area contributed by atoms with Gasteiger partial charge in [0.25, 0.3) is 0 Å². The zero-order valence-electron chi connectivity index (χ0n) is 12.0. The number of rotatable bonds is 4. The second-order valence-electron chi connectivity index (χ2n) is 5.01. The summed E-state index contributed by atoms with van der Waals surface area (Å²) in [6.07, 6.45) is 0.711. The van der Waals surface area contributed by atoms with E-state index < -0.39 is 0 Å². The van der Waals surface area contributed by atoms with Gasteiger partial charge in [0.05, 0.1) is 0 Å². The Morgan fingerprint density at radius 3 is 2.71 bits per heavy atom. The van der Waals surface area contributed by atoms with Gasteiger partial charge >= 0.3 is 5.97 Å². The average molecular weight is 303 g/mol. The van der Waals surface area contributed by atoms with Crippen LogP contribution in [0.4, 0.5) is 0 Å². The Labute approximate surface area is 127 Å². The number of benzene rings is 1. The Morgan fingerprint density at radius 2 is 2.10 bits per heavy atom. The molecule has 1 aromatic carbocycles. The maximum atomic E-state index is 11.8. The summed E-state index contributed by atoms with van der Waals surface area (Å²) >= 11 is 1.44. The van der Waals surface area contributed by atoms with Crippen molar-refractivity contribution in [1.29, 1.82) is 0 Å². The highest BCUT2D eigenvalue weighted by Crippen LogP contribution is 2.32. The summed E-state index contributed by atoms with van der Waals surface area (Å²) in [5.41, 5.74) is 1.03. The zero-order chi connectivity index (χ0) is 14.8. The van der Waals surface area contributed by atoms with E-state index in [0.717, 1.165) is 29.5 Å². The molecule has 0 aliphatic carbocycles. The number of hydrogen-bond acceptors (Lipinski definition) is 5. The minimum Gasteiger partial charge on any atom is -0.462 e. The topological polar surface area (TPSA) is 57.0 Å². The lowest BCUT2D eigenvalue weighted by molar-refractivity contribution is -0.140. The van der Waals surface area contributed by atoms with Crippen molar-refractivity contribution in [3.8, 4) is 11.4 Å². The summed E-state index contributed by atoms with van der Waals surface area (Å²) in [4.78, 5) is 11.8. The molecule has 0 N–H and O–H groups in total. The summed E-state index contributed by atoms with van der Waals surface area (Å²) in [7, 11) is 0. The molecule has 0 saturated carbocycles. The fourth-order valence-electron chi connectivity index (χ4n) is 2.41. The van der Waals surface area contributed by atoms with Crippen LogP contribution in [0.3, 0.4) is 0 Å². The number of carbonyl (C=O) groups is 1. The van der Waals surface area contributed by atoms with Crippen LogP contribution < -0.4 is 0 Å². The van der Waals surface area contributed by atoms with Crippen LogP contribution in [-0.2, 0) is 16.1 Å². The van der Waals surface area contributed by atoms with E-state index in [1.54, 1.807) is 0 Å². The molecule has 2 aromatic rings. The number of aromatic nitrogens is 3. The first-order chi connectivity index (χ1) is 10.2. The van der Waals surface area contributed by atoms with Gasteiger partial charge in [0.2, 0.25) is 0 Å². The molecule has 2 heterocycles. The van der Waals surface area contributed by atoms with Crippen molar-refractivity contribution in [1.82, 2.24) is 14.8 Å². The van der Waals surface area contributed by atoms with E-state index in [-0.39, 0.29) is 17.3 Å². The van der Waals surface area contributed by atoms with Crippen LogP contribution >= 0.6 is 11.8 Å². The molecule has 0 bridgehead atoms. The van der Waals surface area contributed by atoms with Crippen molar-refractivity contribution < 1.29 is 9.53 Å². The van der Waals surface area contributed by atoms with Crippen molar-refractivity contribution in [2.75, 3.05) is 0 Å². The molecule has 1 saturated heterocycles. The molecule has 1 aromatic heterocycles. The van der Waals surface area contributed by atoms with Gasteiger partial charge in [-0.15, -0.1) is 10.2 Å². The van der Waals surface area contributed by atoms with Crippen LogP contribution in [0.2, 0.25) is 0 Å². The molecular weight excluding hydrogens is 286 g/mol. The lowest BCUT2D eigenvalue weighted by Gasteiger charge is -2.08. The van der Waals surface area contributed by atoms with Crippen LogP contribution in [0.25, 0.3) is 11.4 Å². The highest BCUT2D eigenvalue weighted by Gasteiger charge is 2.34. The van der Waals surface area contributed by atoms with Crippen LogP contribution in [0.1, 0.15) is 20.3 Å². The summed E-state index contributed by atoms with van der Waals surface area (Å²) in [6.45, 7) is 4.73. The van der Waals surface area contributed by atoms with Crippen LogP contribution in [0.15, 0.2) is 35.5 Å². The van der Waals surface area contributed by atoms with E-state index in [4.69, 9.17) is 4.74 Å². The largest absolute Gasteiger partial charge is 0.462 e. The van der Waals surface area contributed by atoms with Crippen molar-refractivity contribution in [2.24, 2.45) is 0 Å². The number of cyclic esters (lactones) is 1. The van der Waals surface area contributed by atoms with Gasteiger partial charge in [0.1, 0.15) is 11.4 Å². The van der Waals surface area contributed by atoms with Gasteiger partial charge in [-0.05, 0) is 13.8 Å². The van der Waals surface area contributed by atoms with E-state index in [0.29, 0.717) is 0 Å². The Hall–Kier alpha value is -1.82. The fourth-order valence-corrected chi connectivity index (χ4v) is 3.61. The molecule has 0 radical (unpaired) electrons. The Kier molecular flexibility index (Phi) is 3.96. The van der Waals surface area contributed by atoms with Gasteiger partial charge in [-0.2, -0.15) is 0 Å². The first kappa shape index (κ1) is 14.1. The van der Waals surface area contributed by atoms with Crippen LogP contribution in [0, 0.1) is 0 Å². The van der Waals surface area contributed by atoms with Gasteiger partial charge in [0.15, 0.2) is 11.0 Å². The summed E-state index contributed by atoms with van der Waals surface area (Å²) in [5, 5.41) is 9.13. The van der Waals surface area contributed by atoms with Gasteiger partial charge in [0, 0.05) is 18.5 Å². The molecule has 110 valence electrons. The van der Waals surface area contributed by atoms with Crippen molar-refractivity contribution in [3.63, 3.8) is 0 Å². The number of nitrogens with zero attached hydrogens (tertiary/aromatic N) is 3. The summed E-state index contributed by atoms with van der Waals surface area (Å²) in [6, 6.07) is 9.95. The van der Waals surface area contributed by atoms with E-state index in [1.165, 1.54) is 11.8 Å². The van der Waals surface area contributed by atoms with Crippen LogP contribution in [0.5, 0.6) is 0 Å². The zero-order valence-corrected chi connectivity index (χ0v) is 12.8. The molecule has 1 aliphatic rings. The molecular formula is C15H17N3O2S. The van der Waals surface area contributed by atoms with E-state index >= 15 is 0 Å². The standard InChI is InChI=1S/C15H17N3O2S/c1-3-18-13(11-7-5-4-6-8-11)16-17-15(18)21-12-9-10(2)20-14(12)19/h4-8,10,12H,3,9H2,1-2H3. The maximum absolute atomic E-state index is 11.8. The Balaban J connectivity index is 1.87. The van der Waals surface area contributed by atoms with Crippen molar-refractivity contribution in [3.05, 3.63) is 30.3 Å². The SMILES string of the molecule is CCn1c(SC2CC(C)OC2=O)nnc1-c1ccccc1. The first-order valence-corrected chi connectivity index (χ1v) is 7.92. The second-order valence-corrected chi connectivity index (χ2v) is 6.18. The van der Waals surface area contributed by atoms with Gasteiger partial charge in [-0.1, -0.05) is 42.1 Å². The Bertz CT molecular complexity index is 642. The van der Waals surface area contributed by atoms with Gasteiger partial charge in [-0.3, -0.25) is 4.79 Å². The van der Waals surface area contributed by atoms with Crippen molar-refractivity contribution >= 4 is 17.7 Å². The lowest BCUT2D eigenvalue weighted by Crippen LogP contribution is -2.11. The minimum absolute atomic E-state index is 0.0124. The van der Waals surface area contributed by atoms with Gasteiger partial charge < -0.3 is 9.30 Å². The quantitative estimate of drug-likeness (QED) is 0.813. The first-order valence-electron chi connectivity index (χ1n) is 7.04. The molecule has 3 rings (SSSR count). The lowest BCUT2D eigenvalue weighted by atomic mass is 10.2. The number of thioether (sulfide) groups is 1. The molecule has 0 amide bonds. The Morgan fingerprint density at radius 1 is 1.33 bits per heavy atom. The van der Waals surface area contributed by atoms with E-state index in [2.05, 4.69) is 17.1 Å². The molecule has 1 fully saturated rings. The molecule has 0 spiro atoms. The minimum atomic E-state index is -0.182. The number of hydrogen-bond donors (Lipinski definition) is 0. The molecule has 2 atom stereocenters. The van der Waals surface area contributed by atoms with E-state index in [9.17, 15) is 4.79 Å². The molecule has 6 heteroatoms. The third-order valence-corrected chi connectivity index (χ3v) is 4.62. The maximum Gasteiger partial charge on any atom is 0.319 e. The number of carbonyl (C=O) groups excluding carboxylic acids is 1. The number of esters is 1. The number of ether oxygens (including phenoxy) is 1.